The number of nitrogens with one attached hydrogen (secondary N) is 6. The largest absolute Gasteiger partial charge is 0.481 e. The van der Waals surface area contributed by atoms with Crippen LogP contribution in [0.25, 0.3) is 11.1 Å². The lowest BCUT2D eigenvalue weighted by Gasteiger charge is -2.38. The van der Waals surface area contributed by atoms with Crippen LogP contribution in [0.4, 0.5) is 21.1 Å². The molecule has 1 aliphatic carbocycles. The van der Waals surface area contributed by atoms with Crippen molar-refractivity contribution in [2.45, 2.75) is 183 Å². The Hall–Kier alpha value is -7.96. The van der Waals surface area contributed by atoms with E-state index in [2.05, 4.69) is 43.7 Å². The number of nitrogens with zero attached hydrogens (tertiary/aromatic N) is 3. The number of unbranched alkanes of at least 4 members (excludes halogenated alkanes) is 2. The van der Waals surface area contributed by atoms with E-state index in [9.17, 15) is 43.5 Å². The van der Waals surface area contributed by atoms with E-state index in [0.717, 1.165) is 72.2 Å². The number of nitrogens with two attached hydrogens (primary N) is 1. The van der Waals surface area contributed by atoms with Crippen molar-refractivity contribution < 1.29 is 62.6 Å². The second-order valence-corrected chi connectivity index (χ2v) is 26.8. The highest BCUT2D eigenvalue weighted by atomic mass is 32.1. The predicted octanol–water partition coefficient (Wildman–Crippen LogP) is 10.1. The number of piperidine rings is 1. The predicted molar refractivity (Wildman–Crippen MR) is 356 cm³/mol. The summed E-state index contributed by atoms with van der Waals surface area (Å²) in [5.41, 5.74) is 9.07. The smallest absolute Gasteiger partial charge is 0.407 e. The number of benzene rings is 3. The molecule has 1 aliphatic heterocycles. The summed E-state index contributed by atoms with van der Waals surface area (Å²) in [6, 6.07) is 18.7. The van der Waals surface area contributed by atoms with Gasteiger partial charge in [-0.05, 0) is 137 Å². The number of aliphatic carboxylic acids is 1. The molecule has 1 fully saturated rings. The fraction of sp³-hybridized carbons (Fsp3) is 0.565. The number of hydroxylamine groups is 2. The van der Waals surface area contributed by atoms with Crippen LogP contribution in [0.15, 0.2) is 78.2 Å². The van der Waals surface area contributed by atoms with Gasteiger partial charge in [-0.15, -0.1) is 11.3 Å². The van der Waals surface area contributed by atoms with Gasteiger partial charge in [0.05, 0.1) is 24.2 Å². The number of alkyl carbamates (subject to hydrolysis) is 1. The number of carboxylic acid groups (broad SMARTS) is 1. The van der Waals surface area contributed by atoms with E-state index < -0.39 is 95.1 Å². The molecule has 0 unspecified atom stereocenters. The average Bonchev–Trinajstić information content (AvgIpc) is 1.64. The van der Waals surface area contributed by atoms with Crippen LogP contribution in [-0.2, 0) is 54.3 Å². The third-order valence-corrected chi connectivity index (χ3v) is 18.4. The highest BCUT2D eigenvalue weighted by molar-refractivity contribution is 7.10. The molecule has 0 spiro atoms. The number of anilines is 2. The summed E-state index contributed by atoms with van der Waals surface area (Å²) in [6.07, 6.45) is 3.99. The quantitative estimate of drug-likeness (QED) is 0.00919. The molecule has 4 aromatic rings. The lowest BCUT2D eigenvalue weighted by Crippen LogP contribution is -2.55. The van der Waals surface area contributed by atoms with Crippen LogP contribution in [0.2, 0.25) is 0 Å². The molecule has 508 valence electrons. The Morgan fingerprint density at radius 2 is 1.48 bits per heavy atom. The van der Waals surface area contributed by atoms with Gasteiger partial charge < -0.3 is 52.2 Å². The molecule has 6 rings (SSSR count). The van der Waals surface area contributed by atoms with Crippen LogP contribution in [0.3, 0.4) is 0 Å². The molecule has 0 saturated carbocycles. The lowest BCUT2D eigenvalue weighted by atomic mass is 9.80. The minimum absolute atomic E-state index is 0.0242. The Balaban J connectivity index is 1.15. The Bertz CT molecular complexity index is 3150. The van der Waals surface area contributed by atoms with E-state index in [1.54, 1.807) is 43.5 Å². The van der Waals surface area contributed by atoms with Crippen molar-refractivity contribution in [2.75, 3.05) is 44.0 Å². The standard InChI is InChI=1S/C69H98N10O13S/c1-12-14-21-35-91-79(65(85)58(43(7)13-2)62(83)76-57-28-19-20-34-78(57)11)54(41(3)4)37-55(92-44(8)80)64-75-56(40-93-64)74-60(81)46(38-69(9,10)66(86)87)36-45-29-31-47(32-30-45)72-61(82)53(27-22-33-71-67(70)88)73-63(84)59(42(5)6)77-68(89)90-39-52-50-25-17-15-23-48(50)49-24-16-18-26-51(49)52/h15-18,23-26,29-32,40-43,46,52-55,57-59H,12-14,19-22,27-28,33-39H2,1-11H3,(H,72,82)(H,73,84)(H,74,81)(H,76,83)(H,77,89)(H,86,87)(H3,70,71,88)/t43-,46-,53-,54+,55+,57+,58-,59-/m0/s1. The van der Waals surface area contributed by atoms with Crippen molar-refractivity contribution in [1.29, 1.82) is 0 Å². The summed E-state index contributed by atoms with van der Waals surface area (Å²) < 4.78 is 11.7. The Labute approximate surface area is 551 Å². The number of rotatable bonds is 35. The first-order valence-electron chi connectivity index (χ1n) is 32.7. The molecule has 9 N–H and O–H groups in total. The molecular formula is C69H98N10O13S. The summed E-state index contributed by atoms with van der Waals surface area (Å²) in [5.74, 6) is -7.50. The molecule has 24 heteroatoms. The van der Waals surface area contributed by atoms with Crippen molar-refractivity contribution in [2.24, 2.45) is 40.7 Å². The van der Waals surface area contributed by atoms with E-state index in [4.69, 9.17) is 25.0 Å². The summed E-state index contributed by atoms with van der Waals surface area (Å²) in [6.45, 7) is 18.7. The molecule has 0 radical (unpaired) electrons. The van der Waals surface area contributed by atoms with Gasteiger partial charge in [0, 0.05) is 42.8 Å². The topological polar surface area (TPSA) is 319 Å². The number of carboxylic acids is 1. The number of carbonyl (C=O) groups excluding carboxylic acids is 8. The fourth-order valence-corrected chi connectivity index (χ4v) is 12.7. The average molecular weight is 1310 g/mol. The minimum Gasteiger partial charge on any atom is -0.481 e. The number of carbonyl (C=O) groups is 9. The zero-order valence-electron chi connectivity index (χ0n) is 55.8. The number of hydrogen-bond acceptors (Lipinski definition) is 15. The number of fused-ring (bicyclic) bond motifs is 3. The SMILES string of the molecule is CCCCCON(C(=O)[C@H](C(=O)N[C@H]1CCCCN1C)[C@@H](C)CC)[C@H](C[C@@H](OC(C)=O)c1nc(NC(=O)[C@@H](Cc2ccc(NC(=O)[C@H](CCCNC(N)=O)NC(=O)[C@@H](NC(=O)OCC3c4ccccc4-c4ccccc43)C(C)C)cc2)CC(C)(C)C(=O)O)cs1)C(C)C. The number of hydrogen-bond donors (Lipinski definition) is 8. The van der Waals surface area contributed by atoms with Crippen LogP contribution >= 0.6 is 11.3 Å². The van der Waals surface area contributed by atoms with E-state index in [1.807, 2.05) is 83.3 Å². The molecule has 3 aromatic carbocycles. The molecule has 2 heterocycles. The van der Waals surface area contributed by atoms with E-state index in [-0.39, 0.29) is 87.5 Å². The van der Waals surface area contributed by atoms with Gasteiger partial charge in [-0.2, -0.15) is 0 Å². The Kier molecular flexibility index (Phi) is 28.2. The number of ether oxygens (including phenoxy) is 2. The monoisotopic (exact) mass is 1310 g/mol. The number of primary amides is 1. The van der Waals surface area contributed by atoms with Gasteiger partial charge in [0.2, 0.25) is 23.6 Å². The third-order valence-electron chi connectivity index (χ3n) is 17.5. The number of likely N-dealkylation sites (tertiary alicyclic amines) is 1. The second kappa shape index (κ2) is 35.3. The van der Waals surface area contributed by atoms with Gasteiger partial charge in [-0.3, -0.25) is 43.3 Å². The molecule has 8 amide bonds. The Morgan fingerprint density at radius 3 is 2.08 bits per heavy atom. The minimum atomic E-state index is -1.36. The lowest BCUT2D eigenvalue weighted by molar-refractivity contribution is -0.215. The van der Waals surface area contributed by atoms with E-state index in [1.165, 1.54) is 25.8 Å². The zero-order chi connectivity index (χ0) is 68.1. The second-order valence-electron chi connectivity index (χ2n) is 25.9. The molecule has 0 bridgehead atoms. The zero-order valence-corrected chi connectivity index (χ0v) is 56.7. The van der Waals surface area contributed by atoms with Gasteiger partial charge in [0.15, 0.2) is 6.10 Å². The maximum atomic E-state index is 15.0. The van der Waals surface area contributed by atoms with E-state index >= 15 is 4.79 Å². The number of esters is 1. The van der Waals surface area contributed by atoms with Crippen molar-refractivity contribution >= 4 is 76.4 Å². The summed E-state index contributed by atoms with van der Waals surface area (Å²) >= 11 is 1.13. The molecule has 8 atom stereocenters. The first kappa shape index (κ1) is 74.1. The number of urea groups is 1. The first-order valence-corrected chi connectivity index (χ1v) is 33.6. The highest BCUT2D eigenvalue weighted by Crippen LogP contribution is 2.45. The van der Waals surface area contributed by atoms with Crippen LogP contribution in [0.1, 0.15) is 174 Å². The van der Waals surface area contributed by atoms with Crippen LogP contribution in [-0.4, -0.2) is 131 Å². The van der Waals surface area contributed by atoms with Gasteiger partial charge in [0.1, 0.15) is 35.4 Å². The number of aromatic nitrogens is 1. The van der Waals surface area contributed by atoms with Crippen molar-refractivity contribution in [3.05, 3.63) is 99.9 Å². The highest BCUT2D eigenvalue weighted by Gasteiger charge is 2.43. The Morgan fingerprint density at radius 1 is 0.817 bits per heavy atom. The maximum Gasteiger partial charge on any atom is 0.407 e. The van der Waals surface area contributed by atoms with Crippen molar-refractivity contribution in [3.63, 3.8) is 0 Å². The van der Waals surface area contributed by atoms with Gasteiger partial charge in [-0.1, -0.05) is 128 Å². The van der Waals surface area contributed by atoms with Crippen molar-refractivity contribution in [1.82, 2.24) is 36.2 Å². The van der Waals surface area contributed by atoms with E-state index in [0.29, 0.717) is 29.1 Å². The summed E-state index contributed by atoms with van der Waals surface area (Å²) in [7, 11) is 1.96. The summed E-state index contributed by atoms with van der Waals surface area (Å²) in [4.78, 5) is 135. The van der Waals surface area contributed by atoms with Gasteiger partial charge >= 0.3 is 24.1 Å². The molecule has 1 saturated heterocycles. The molecule has 23 nitrogen and oxygen atoms in total. The van der Waals surface area contributed by atoms with Crippen molar-refractivity contribution in [3.8, 4) is 11.1 Å². The third kappa shape index (κ3) is 21.3. The molecular weight excluding hydrogens is 1210 g/mol. The van der Waals surface area contributed by atoms with Crippen LogP contribution in [0.5, 0.6) is 0 Å². The van der Waals surface area contributed by atoms with Crippen LogP contribution in [0, 0.1) is 35.0 Å². The molecule has 1 aromatic heterocycles. The number of amides is 8. The number of thiazole rings is 1. The molecule has 93 heavy (non-hydrogen) atoms. The molecule has 2 aliphatic rings. The van der Waals surface area contributed by atoms with Gasteiger partial charge in [-0.25, -0.2) is 19.6 Å². The maximum absolute atomic E-state index is 15.0. The first-order chi connectivity index (χ1) is 44.2. The summed E-state index contributed by atoms with van der Waals surface area (Å²) in [5, 5.41) is 30.3. The fourth-order valence-electron chi connectivity index (χ4n) is 11.9. The normalized spacial score (nSPS) is 16.2. The van der Waals surface area contributed by atoms with Gasteiger partial charge in [0.25, 0.3) is 5.91 Å². The van der Waals surface area contributed by atoms with Crippen LogP contribution < -0.4 is 37.6 Å².